The number of hydrogen-bond acceptors (Lipinski definition) is 4. The summed E-state index contributed by atoms with van der Waals surface area (Å²) in [4.78, 5) is 35.7. The first-order valence-electron chi connectivity index (χ1n) is 9.65. The Morgan fingerprint density at radius 2 is 1.62 bits per heavy atom. The van der Waals surface area contributed by atoms with E-state index < -0.39 is 35.8 Å². The molecule has 8 heteroatoms. The summed E-state index contributed by atoms with van der Waals surface area (Å²) in [5.74, 6) is -4.03. The summed E-state index contributed by atoms with van der Waals surface area (Å²) in [6, 6.07) is 16.8. The van der Waals surface area contributed by atoms with Gasteiger partial charge in [0.25, 0.3) is 5.91 Å². The molecule has 0 saturated heterocycles. The van der Waals surface area contributed by atoms with Gasteiger partial charge in [0.1, 0.15) is 5.82 Å². The van der Waals surface area contributed by atoms with Crippen LogP contribution in [0.4, 0.5) is 4.39 Å². The van der Waals surface area contributed by atoms with Crippen molar-refractivity contribution in [2.24, 2.45) is 0 Å². The summed E-state index contributed by atoms with van der Waals surface area (Å²) < 4.78 is 13.7. The van der Waals surface area contributed by atoms with Gasteiger partial charge < -0.3 is 20.6 Å². The molecule has 2 unspecified atom stereocenters. The fourth-order valence-electron chi connectivity index (χ4n) is 3.30. The Kier molecular flexibility index (Phi) is 6.97. The van der Waals surface area contributed by atoms with Crippen LogP contribution in [0.3, 0.4) is 0 Å². The molecule has 0 bridgehead atoms. The van der Waals surface area contributed by atoms with Crippen LogP contribution in [0.15, 0.2) is 72.8 Å². The zero-order valence-electron chi connectivity index (χ0n) is 16.7. The Labute approximate surface area is 182 Å². The highest BCUT2D eigenvalue weighted by atomic mass is 19.1. The predicted molar refractivity (Wildman–Crippen MR) is 114 cm³/mol. The van der Waals surface area contributed by atoms with Crippen molar-refractivity contribution in [2.45, 2.75) is 18.6 Å². The second kappa shape index (κ2) is 9.84. The molecule has 0 heterocycles. The van der Waals surface area contributed by atoms with Crippen molar-refractivity contribution in [2.75, 3.05) is 0 Å². The van der Waals surface area contributed by atoms with Crippen LogP contribution < -0.4 is 5.32 Å². The van der Waals surface area contributed by atoms with Crippen molar-refractivity contribution in [1.29, 1.82) is 0 Å². The van der Waals surface area contributed by atoms with E-state index in [2.05, 4.69) is 5.32 Å². The van der Waals surface area contributed by atoms with Gasteiger partial charge in [-0.1, -0.05) is 42.5 Å². The molecular formula is C24H20FNO6. The molecule has 32 heavy (non-hydrogen) atoms. The van der Waals surface area contributed by atoms with Gasteiger partial charge in [0, 0.05) is 5.56 Å². The van der Waals surface area contributed by atoms with Crippen LogP contribution in [0.1, 0.15) is 26.3 Å². The molecule has 164 valence electrons. The van der Waals surface area contributed by atoms with E-state index in [4.69, 9.17) is 0 Å². The maximum atomic E-state index is 13.7. The van der Waals surface area contributed by atoms with Crippen molar-refractivity contribution in [3.63, 3.8) is 0 Å². The van der Waals surface area contributed by atoms with E-state index in [0.717, 1.165) is 23.8 Å². The standard InChI is InChI=1S/C24H20FNO6/c25-17-9-10-18(23(29)30)19(13-17)15-7-4-8-16(12-15)22(28)26-20(21(27)24(31)32)11-14-5-2-1-3-6-14/h1-10,12-13,20-21,27H,11H2,(H,26,28)(H,29,30)(H,31,32). The largest absolute Gasteiger partial charge is 0.479 e. The molecule has 0 saturated carbocycles. The molecule has 2 atom stereocenters. The van der Waals surface area contributed by atoms with Gasteiger partial charge in [-0.05, 0) is 53.4 Å². The number of aromatic carboxylic acids is 1. The van der Waals surface area contributed by atoms with Gasteiger partial charge in [0.2, 0.25) is 0 Å². The van der Waals surface area contributed by atoms with E-state index in [9.17, 15) is 34.1 Å². The van der Waals surface area contributed by atoms with Gasteiger partial charge in [-0.25, -0.2) is 14.0 Å². The fraction of sp³-hybridized carbons (Fsp3) is 0.125. The number of nitrogens with one attached hydrogen (secondary N) is 1. The first-order valence-corrected chi connectivity index (χ1v) is 9.65. The van der Waals surface area contributed by atoms with Gasteiger partial charge >= 0.3 is 11.9 Å². The number of carbonyl (C=O) groups is 3. The van der Waals surface area contributed by atoms with Crippen LogP contribution in [0.25, 0.3) is 11.1 Å². The van der Waals surface area contributed by atoms with Crippen molar-refractivity contribution in [1.82, 2.24) is 5.32 Å². The Hall–Kier alpha value is -4.04. The minimum atomic E-state index is -1.84. The number of aliphatic hydroxyl groups is 1. The number of aliphatic hydroxyl groups excluding tert-OH is 1. The van der Waals surface area contributed by atoms with Gasteiger partial charge in [-0.3, -0.25) is 4.79 Å². The SMILES string of the molecule is O=C(NC(Cc1ccccc1)C(O)C(=O)O)c1cccc(-c2cc(F)ccc2C(=O)O)c1. The fourth-order valence-corrected chi connectivity index (χ4v) is 3.30. The number of halogens is 1. The lowest BCUT2D eigenvalue weighted by Crippen LogP contribution is -2.48. The molecule has 3 aromatic carbocycles. The van der Waals surface area contributed by atoms with Gasteiger partial charge in [-0.2, -0.15) is 0 Å². The second-order valence-corrected chi connectivity index (χ2v) is 7.13. The van der Waals surface area contributed by atoms with Crippen molar-refractivity contribution >= 4 is 17.8 Å². The second-order valence-electron chi connectivity index (χ2n) is 7.13. The van der Waals surface area contributed by atoms with Crippen molar-refractivity contribution < 1.29 is 34.1 Å². The third-order valence-electron chi connectivity index (χ3n) is 4.90. The van der Waals surface area contributed by atoms with E-state index in [-0.39, 0.29) is 23.1 Å². The molecule has 3 aromatic rings. The lowest BCUT2D eigenvalue weighted by atomic mass is 9.97. The number of aliphatic carboxylic acids is 1. The normalized spacial score (nSPS) is 12.6. The number of carboxylic acid groups (broad SMARTS) is 2. The number of carbonyl (C=O) groups excluding carboxylic acids is 1. The summed E-state index contributed by atoms with van der Waals surface area (Å²) in [6.07, 6.45) is -1.77. The van der Waals surface area contributed by atoms with E-state index in [1.54, 1.807) is 30.3 Å². The van der Waals surface area contributed by atoms with Crippen LogP contribution in [0.2, 0.25) is 0 Å². The molecule has 0 aliphatic heterocycles. The molecule has 1 amide bonds. The third kappa shape index (κ3) is 5.35. The molecule has 0 spiro atoms. The lowest BCUT2D eigenvalue weighted by molar-refractivity contribution is -0.148. The monoisotopic (exact) mass is 437 g/mol. The minimum Gasteiger partial charge on any atom is -0.479 e. The highest BCUT2D eigenvalue weighted by molar-refractivity contribution is 5.99. The average Bonchev–Trinajstić information content (AvgIpc) is 2.78. The van der Waals surface area contributed by atoms with Gasteiger partial charge in [0.15, 0.2) is 6.10 Å². The Morgan fingerprint density at radius 3 is 2.28 bits per heavy atom. The van der Waals surface area contributed by atoms with Crippen LogP contribution in [0.5, 0.6) is 0 Å². The van der Waals surface area contributed by atoms with E-state index in [1.807, 2.05) is 0 Å². The number of rotatable bonds is 8. The van der Waals surface area contributed by atoms with E-state index >= 15 is 0 Å². The Morgan fingerprint density at radius 1 is 0.906 bits per heavy atom. The van der Waals surface area contributed by atoms with E-state index in [0.29, 0.717) is 5.56 Å². The molecule has 0 aliphatic carbocycles. The van der Waals surface area contributed by atoms with Crippen LogP contribution >= 0.6 is 0 Å². The molecular weight excluding hydrogens is 417 g/mol. The molecule has 0 aromatic heterocycles. The number of carboxylic acids is 2. The third-order valence-corrected chi connectivity index (χ3v) is 4.90. The summed E-state index contributed by atoms with van der Waals surface area (Å²) >= 11 is 0. The van der Waals surface area contributed by atoms with E-state index in [1.165, 1.54) is 24.3 Å². The highest BCUT2D eigenvalue weighted by Gasteiger charge is 2.28. The quantitative estimate of drug-likeness (QED) is 0.430. The van der Waals surface area contributed by atoms with Crippen LogP contribution in [-0.4, -0.2) is 45.3 Å². The molecule has 7 nitrogen and oxygen atoms in total. The number of amides is 1. The molecule has 0 radical (unpaired) electrons. The summed E-state index contributed by atoms with van der Waals surface area (Å²) in [6.45, 7) is 0. The predicted octanol–water partition coefficient (Wildman–Crippen LogP) is 2.98. The maximum absolute atomic E-state index is 13.7. The van der Waals surface area contributed by atoms with Crippen molar-refractivity contribution in [3.8, 4) is 11.1 Å². The summed E-state index contributed by atoms with van der Waals surface area (Å²) in [7, 11) is 0. The van der Waals surface area contributed by atoms with Gasteiger partial charge in [-0.15, -0.1) is 0 Å². The minimum absolute atomic E-state index is 0.0762. The zero-order chi connectivity index (χ0) is 23.3. The van der Waals surface area contributed by atoms with Gasteiger partial charge in [0.05, 0.1) is 11.6 Å². The first kappa shape index (κ1) is 22.6. The Bertz CT molecular complexity index is 1150. The zero-order valence-corrected chi connectivity index (χ0v) is 16.7. The lowest BCUT2D eigenvalue weighted by Gasteiger charge is -2.22. The van der Waals surface area contributed by atoms with Crippen LogP contribution in [0, 0.1) is 5.82 Å². The van der Waals surface area contributed by atoms with Crippen molar-refractivity contribution in [3.05, 3.63) is 95.3 Å². The number of benzene rings is 3. The Balaban J connectivity index is 1.89. The average molecular weight is 437 g/mol. The molecule has 0 fully saturated rings. The smallest absolute Gasteiger partial charge is 0.336 e. The molecule has 4 N–H and O–H groups in total. The molecule has 0 aliphatic rings. The topological polar surface area (TPSA) is 124 Å². The molecule has 3 rings (SSSR count). The summed E-state index contributed by atoms with van der Waals surface area (Å²) in [5, 5.41) is 31.2. The number of hydrogen-bond donors (Lipinski definition) is 4. The highest BCUT2D eigenvalue weighted by Crippen LogP contribution is 2.26. The van der Waals surface area contributed by atoms with Crippen LogP contribution in [-0.2, 0) is 11.2 Å². The maximum Gasteiger partial charge on any atom is 0.336 e. The first-order chi connectivity index (χ1) is 15.3. The summed E-state index contributed by atoms with van der Waals surface area (Å²) in [5.41, 5.74) is 1.08.